The van der Waals surface area contributed by atoms with Crippen molar-refractivity contribution >= 4 is 17.7 Å². The molecule has 2 aliphatic rings. The quantitative estimate of drug-likeness (QED) is 0.749. The maximum absolute atomic E-state index is 12.9. The summed E-state index contributed by atoms with van der Waals surface area (Å²) in [6.07, 6.45) is 2.16. The van der Waals surface area contributed by atoms with Gasteiger partial charge in [-0.25, -0.2) is 23.4 Å². The number of nitrogens with zero attached hydrogens (tertiary/aromatic N) is 3. The SMILES string of the molecule is CNC(=O)N(C)C(C)(C)C.O=C(O)c1ccc(N2CC(F)(F)C2)c(OCC2CC2)n1. The van der Waals surface area contributed by atoms with E-state index in [0.717, 1.165) is 12.8 Å². The molecule has 2 fully saturated rings. The number of aromatic nitrogens is 1. The molecule has 0 aromatic carbocycles. The number of carbonyl (C=O) groups excluding carboxylic acids is 1. The average molecular weight is 428 g/mol. The third kappa shape index (κ3) is 6.43. The largest absolute Gasteiger partial charge is 0.477 e. The van der Waals surface area contributed by atoms with E-state index in [2.05, 4.69) is 10.3 Å². The molecule has 1 aromatic rings. The van der Waals surface area contributed by atoms with E-state index in [0.29, 0.717) is 18.2 Å². The third-order valence-electron chi connectivity index (χ3n) is 4.92. The zero-order valence-corrected chi connectivity index (χ0v) is 18.0. The molecular weight excluding hydrogens is 398 g/mol. The molecule has 10 heteroatoms. The first kappa shape index (κ1) is 23.6. The van der Waals surface area contributed by atoms with Crippen LogP contribution in [0.5, 0.6) is 5.88 Å². The fraction of sp³-hybridized carbons (Fsp3) is 0.650. The Hall–Kier alpha value is -2.65. The van der Waals surface area contributed by atoms with Crippen LogP contribution in [0, 0.1) is 5.92 Å². The Morgan fingerprint density at radius 1 is 1.33 bits per heavy atom. The summed E-state index contributed by atoms with van der Waals surface area (Å²) in [4.78, 5) is 28.9. The lowest BCUT2D eigenvalue weighted by Crippen LogP contribution is -2.56. The summed E-state index contributed by atoms with van der Waals surface area (Å²) in [5.41, 5.74) is 0.188. The second-order valence-corrected chi connectivity index (χ2v) is 8.58. The maximum atomic E-state index is 12.9. The van der Waals surface area contributed by atoms with E-state index in [9.17, 15) is 18.4 Å². The Labute approximate surface area is 175 Å². The number of hydrogen-bond acceptors (Lipinski definition) is 5. The first-order valence-corrected chi connectivity index (χ1v) is 9.79. The highest BCUT2D eigenvalue weighted by Gasteiger charge is 2.45. The zero-order valence-electron chi connectivity index (χ0n) is 18.0. The summed E-state index contributed by atoms with van der Waals surface area (Å²) in [5.74, 6) is -3.26. The van der Waals surface area contributed by atoms with Gasteiger partial charge in [0.05, 0.1) is 19.7 Å². The Balaban J connectivity index is 0.000000274. The van der Waals surface area contributed by atoms with E-state index in [1.54, 1.807) is 19.0 Å². The number of ether oxygens (including phenoxy) is 1. The fourth-order valence-electron chi connectivity index (χ4n) is 2.54. The predicted molar refractivity (Wildman–Crippen MR) is 109 cm³/mol. The van der Waals surface area contributed by atoms with Crippen molar-refractivity contribution in [3.05, 3.63) is 17.8 Å². The van der Waals surface area contributed by atoms with Crippen molar-refractivity contribution < 1.29 is 28.2 Å². The number of urea groups is 1. The first-order valence-electron chi connectivity index (χ1n) is 9.79. The minimum Gasteiger partial charge on any atom is -0.477 e. The van der Waals surface area contributed by atoms with E-state index in [-0.39, 0.29) is 36.2 Å². The summed E-state index contributed by atoms with van der Waals surface area (Å²) in [6, 6.07) is 2.74. The predicted octanol–water partition coefficient (Wildman–Crippen LogP) is 3.08. The Bertz CT molecular complexity index is 771. The standard InChI is InChI=1S/C13H14F2N2O3.C7H16N2O/c14-13(15)6-17(7-13)10-4-3-9(12(18)19)16-11(10)20-5-8-1-2-8;1-7(2,3)9(5)6(10)8-4/h3-4,8H,1-2,5-7H2,(H,18,19);1-5H3,(H,8,10). The van der Waals surface area contributed by atoms with Gasteiger partial charge in [-0.3, -0.25) is 0 Å². The molecule has 0 spiro atoms. The number of carbonyl (C=O) groups is 2. The molecule has 30 heavy (non-hydrogen) atoms. The number of amides is 2. The molecule has 3 rings (SSSR count). The number of hydrogen-bond donors (Lipinski definition) is 2. The van der Waals surface area contributed by atoms with E-state index < -0.39 is 11.9 Å². The highest BCUT2D eigenvalue weighted by molar-refractivity contribution is 5.86. The van der Waals surface area contributed by atoms with Crippen molar-refractivity contribution in [3.8, 4) is 5.88 Å². The minimum atomic E-state index is -2.70. The van der Waals surface area contributed by atoms with Gasteiger partial charge in [-0.05, 0) is 51.7 Å². The van der Waals surface area contributed by atoms with Crippen LogP contribution in [0.4, 0.5) is 19.3 Å². The van der Waals surface area contributed by atoms with Gasteiger partial charge in [0, 0.05) is 19.6 Å². The normalized spacial score (nSPS) is 17.2. The van der Waals surface area contributed by atoms with Crippen LogP contribution in [-0.2, 0) is 0 Å². The Kier molecular flexibility index (Phi) is 7.10. The molecule has 2 N–H and O–H groups in total. The summed E-state index contributed by atoms with van der Waals surface area (Å²) in [7, 11) is 3.41. The van der Waals surface area contributed by atoms with Crippen LogP contribution in [0.3, 0.4) is 0 Å². The van der Waals surface area contributed by atoms with Gasteiger partial charge in [0.2, 0.25) is 5.88 Å². The number of anilines is 1. The van der Waals surface area contributed by atoms with Crippen LogP contribution in [-0.4, -0.2) is 72.2 Å². The second kappa shape index (κ2) is 9.01. The molecular formula is C20H30F2N4O4. The van der Waals surface area contributed by atoms with Crippen LogP contribution >= 0.6 is 0 Å². The van der Waals surface area contributed by atoms with Gasteiger partial charge >= 0.3 is 12.0 Å². The molecule has 1 aliphatic carbocycles. The van der Waals surface area contributed by atoms with Gasteiger partial charge < -0.3 is 25.0 Å². The van der Waals surface area contributed by atoms with Gasteiger partial charge in [-0.15, -0.1) is 0 Å². The molecule has 168 valence electrons. The van der Waals surface area contributed by atoms with Crippen molar-refractivity contribution in [3.63, 3.8) is 0 Å². The van der Waals surface area contributed by atoms with E-state index in [4.69, 9.17) is 9.84 Å². The number of pyridine rings is 1. The lowest BCUT2D eigenvalue weighted by atomic mass is 10.1. The van der Waals surface area contributed by atoms with Crippen LogP contribution in [0.15, 0.2) is 12.1 Å². The maximum Gasteiger partial charge on any atom is 0.354 e. The van der Waals surface area contributed by atoms with Gasteiger partial charge in [0.25, 0.3) is 5.92 Å². The van der Waals surface area contributed by atoms with Crippen LogP contribution in [0.2, 0.25) is 0 Å². The van der Waals surface area contributed by atoms with Crippen molar-refractivity contribution in [2.45, 2.75) is 45.1 Å². The summed E-state index contributed by atoms with van der Waals surface area (Å²) in [5, 5.41) is 11.5. The number of alkyl halides is 2. The summed E-state index contributed by atoms with van der Waals surface area (Å²) >= 11 is 0. The zero-order chi connectivity index (χ0) is 22.7. The highest BCUT2D eigenvalue weighted by Crippen LogP contribution is 2.37. The third-order valence-corrected chi connectivity index (χ3v) is 4.92. The molecule has 8 nitrogen and oxygen atoms in total. The van der Waals surface area contributed by atoms with Crippen molar-refractivity contribution in [2.24, 2.45) is 5.92 Å². The topological polar surface area (TPSA) is 95.0 Å². The van der Waals surface area contributed by atoms with Gasteiger partial charge in [0.1, 0.15) is 5.69 Å². The molecule has 0 bridgehead atoms. The van der Waals surface area contributed by atoms with E-state index >= 15 is 0 Å². The number of carboxylic acid groups (broad SMARTS) is 1. The van der Waals surface area contributed by atoms with E-state index in [1.165, 1.54) is 17.0 Å². The van der Waals surface area contributed by atoms with Crippen molar-refractivity contribution in [2.75, 3.05) is 38.7 Å². The van der Waals surface area contributed by atoms with Crippen molar-refractivity contribution in [1.82, 2.24) is 15.2 Å². The van der Waals surface area contributed by atoms with Crippen molar-refractivity contribution in [1.29, 1.82) is 0 Å². The smallest absolute Gasteiger partial charge is 0.354 e. The van der Waals surface area contributed by atoms with Crippen LogP contribution in [0.1, 0.15) is 44.1 Å². The number of halogens is 2. The molecule has 0 atom stereocenters. The number of carboxylic acids is 1. The van der Waals surface area contributed by atoms with Gasteiger partial charge in [-0.2, -0.15) is 0 Å². The molecule has 1 saturated carbocycles. The molecule has 0 unspecified atom stereocenters. The molecule has 1 aromatic heterocycles. The van der Waals surface area contributed by atoms with E-state index in [1.807, 2.05) is 20.8 Å². The van der Waals surface area contributed by atoms with Crippen LogP contribution < -0.4 is 15.0 Å². The molecule has 1 aliphatic heterocycles. The van der Waals surface area contributed by atoms with Crippen LogP contribution in [0.25, 0.3) is 0 Å². The minimum absolute atomic E-state index is 0.0486. The lowest BCUT2D eigenvalue weighted by molar-refractivity contribution is -0.0265. The fourth-order valence-corrected chi connectivity index (χ4v) is 2.54. The number of rotatable bonds is 5. The molecule has 2 amide bonds. The molecule has 1 saturated heterocycles. The molecule has 0 radical (unpaired) electrons. The molecule has 2 heterocycles. The van der Waals surface area contributed by atoms with Gasteiger partial charge in [-0.1, -0.05) is 0 Å². The highest BCUT2D eigenvalue weighted by atomic mass is 19.3. The average Bonchev–Trinajstić information content (AvgIpc) is 3.47. The first-order chi connectivity index (χ1) is 13.8. The monoisotopic (exact) mass is 428 g/mol. The second-order valence-electron chi connectivity index (χ2n) is 8.58. The Morgan fingerprint density at radius 2 is 1.93 bits per heavy atom. The summed E-state index contributed by atoms with van der Waals surface area (Å²) < 4.78 is 31.4. The number of nitrogens with one attached hydrogen (secondary N) is 1. The Morgan fingerprint density at radius 3 is 2.33 bits per heavy atom. The number of aromatic carboxylic acids is 1. The lowest BCUT2D eigenvalue weighted by Gasteiger charge is -2.40. The summed E-state index contributed by atoms with van der Waals surface area (Å²) in [6.45, 7) is 5.64. The van der Waals surface area contributed by atoms with Gasteiger partial charge in [0.15, 0.2) is 5.69 Å².